The zero-order chi connectivity index (χ0) is 17.2. The summed E-state index contributed by atoms with van der Waals surface area (Å²) in [5.74, 6) is 0.407. The van der Waals surface area contributed by atoms with Crippen LogP contribution in [0.5, 0.6) is 0 Å². The van der Waals surface area contributed by atoms with Gasteiger partial charge in [0.05, 0.1) is 25.3 Å². The zero-order valence-electron chi connectivity index (χ0n) is 13.8. The summed E-state index contributed by atoms with van der Waals surface area (Å²) in [5, 5.41) is 0. The van der Waals surface area contributed by atoms with E-state index in [1.807, 2.05) is 11.8 Å². The molecular formula is C18H18FN3O3. The van der Waals surface area contributed by atoms with Crippen LogP contribution in [0.4, 0.5) is 10.4 Å². The number of oxazole rings is 1. The van der Waals surface area contributed by atoms with Crippen molar-refractivity contribution in [3.05, 3.63) is 47.6 Å². The highest BCUT2D eigenvalue weighted by molar-refractivity contribution is 5.91. The molecule has 0 unspecified atom stereocenters. The average molecular weight is 343 g/mol. The van der Waals surface area contributed by atoms with Crippen molar-refractivity contribution in [3.63, 3.8) is 0 Å². The molecule has 2 atom stereocenters. The molecule has 0 saturated carbocycles. The normalized spacial score (nSPS) is 27.0. The molecule has 3 aliphatic heterocycles. The number of aromatic nitrogens is 1. The lowest BCUT2D eigenvalue weighted by atomic mass is 9.92. The molecule has 1 aromatic carbocycles. The van der Waals surface area contributed by atoms with Gasteiger partial charge >= 0.3 is 0 Å². The molecule has 3 aliphatic rings. The van der Waals surface area contributed by atoms with Crippen molar-refractivity contribution in [2.75, 3.05) is 18.0 Å². The van der Waals surface area contributed by atoms with Gasteiger partial charge in [-0.25, -0.2) is 9.37 Å². The Morgan fingerprint density at radius 3 is 2.80 bits per heavy atom. The highest BCUT2D eigenvalue weighted by Crippen LogP contribution is 2.48. The monoisotopic (exact) mass is 343 g/mol. The lowest BCUT2D eigenvalue weighted by Gasteiger charge is -2.44. The molecule has 0 bridgehead atoms. The number of hydrogen-bond donors (Lipinski definition) is 0. The van der Waals surface area contributed by atoms with Crippen molar-refractivity contribution in [1.82, 2.24) is 9.88 Å². The first-order chi connectivity index (χ1) is 12.1. The number of carbonyl (C=O) groups is 1. The first-order valence-corrected chi connectivity index (χ1v) is 8.50. The number of benzene rings is 1. The molecule has 2 aromatic rings. The quantitative estimate of drug-likeness (QED) is 0.838. The number of halogens is 1. The van der Waals surface area contributed by atoms with Gasteiger partial charge in [-0.2, -0.15) is 0 Å². The van der Waals surface area contributed by atoms with Gasteiger partial charge in [0.1, 0.15) is 17.8 Å². The molecule has 0 aliphatic carbocycles. The van der Waals surface area contributed by atoms with E-state index < -0.39 is 5.60 Å². The van der Waals surface area contributed by atoms with Gasteiger partial charge in [0.15, 0.2) is 5.60 Å². The number of aryl methyl sites for hydroxylation is 1. The number of rotatable bonds is 2. The number of nitrogens with zero attached hydrogens (tertiary/aromatic N) is 3. The van der Waals surface area contributed by atoms with Gasteiger partial charge < -0.3 is 19.0 Å². The maximum Gasteiger partial charge on any atom is 0.297 e. The van der Waals surface area contributed by atoms with E-state index in [-0.39, 0.29) is 24.0 Å². The van der Waals surface area contributed by atoms with E-state index in [9.17, 15) is 9.18 Å². The van der Waals surface area contributed by atoms with Crippen LogP contribution in [-0.4, -0.2) is 40.7 Å². The largest absolute Gasteiger partial charge is 0.429 e. The summed E-state index contributed by atoms with van der Waals surface area (Å²) in [7, 11) is 0. The highest BCUT2D eigenvalue weighted by atomic mass is 19.1. The second kappa shape index (κ2) is 5.05. The fraction of sp³-hybridized carbons (Fsp3) is 0.444. The van der Waals surface area contributed by atoms with Crippen LogP contribution in [0.2, 0.25) is 0 Å². The van der Waals surface area contributed by atoms with Crippen molar-refractivity contribution in [3.8, 4) is 0 Å². The summed E-state index contributed by atoms with van der Waals surface area (Å²) < 4.78 is 25.8. The number of hydrogen-bond acceptors (Lipinski definition) is 5. The van der Waals surface area contributed by atoms with E-state index in [0.717, 1.165) is 18.6 Å². The zero-order valence-corrected chi connectivity index (χ0v) is 13.8. The van der Waals surface area contributed by atoms with Crippen molar-refractivity contribution < 1.29 is 18.3 Å². The summed E-state index contributed by atoms with van der Waals surface area (Å²) in [5.41, 5.74) is -0.282. The van der Waals surface area contributed by atoms with Gasteiger partial charge in [-0.1, -0.05) is 18.2 Å². The van der Waals surface area contributed by atoms with E-state index in [2.05, 4.69) is 4.98 Å². The van der Waals surface area contributed by atoms with Crippen LogP contribution in [0.25, 0.3) is 0 Å². The summed E-state index contributed by atoms with van der Waals surface area (Å²) >= 11 is 0. The van der Waals surface area contributed by atoms with E-state index >= 15 is 0 Å². The Hall–Kier alpha value is -2.41. The molecule has 0 N–H and O–H groups in total. The van der Waals surface area contributed by atoms with Crippen LogP contribution in [-0.2, 0) is 9.53 Å². The van der Waals surface area contributed by atoms with Crippen LogP contribution in [0.1, 0.15) is 30.2 Å². The van der Waals surface area contributed by atoms with Crippen molar-refractivity contribution in [2.24, 2.45) is 0 Å². The maximum atomic E-state index is 14.2. The minimum atomic E-state index is -0.850. The Balaban J connectivity index is 1.38. The molecule has 5 rings (SSSR count). The molecule has 1 aromatic heterocycles. The predicted octanol–water partition coefficient (Wildman–Crippen LogP) is 2.40. The highest BCUT2D eigenvalue weighted by Gasteiger charge is 2.63. The average Bonchev–Trinajstić information content (AvgIpc) is 3.22. The van der Waals surface area contributed by atoms with Crippen LogP contribution >= 0.6 is 0 Å². The van der Waals surface area contributed by atoms with E-state index in [1.54, 1.807) is 29.3 Å². The standard InChI is InChI=1S/C18H18FN3O3/c1-11-8-20-17(24-11)21-9-18(10-21)16(23)22-14(6-7-15(22)25-18)12-4-2-3-5-13(12)19/h2-5,8,14-15H,6-7,9-10H2,1H3/t14-,15+/m0/s1. The molecule has 130 valence electrons. The van der Waals surface area contributed by atoms with Crippen LogP contribution in [0, 0.1) is 12.7 Å². The minimum Gasteiger partial charge on any atom is -0.429 e. The molecule has 0 radical (unpaired) electrons. The summed E-state index contributed by atoms with van der Waals surface area (Å²) in [6.45, 7) is 2.67. The number of amides is 1. The third-order valence-electron chi connectivity index (χ3n) is 5.36. The van der Waals surface area contributed by atoms with Crippen molar-refractivity contribution in [1.29, 1.82) is 0 Å². The Bertz CT molecular complexity index is 846. The van der Waals surface area contributed by atoms with E-state index in [1.165, 1.54) is 6.07 Å². The second-order valence-corrected chi connectivity index (χ2v) is 7.00. The Labute approximate surface area is 144 Å². The SMILES string of the molecule is Cc1cnc(N2CC3(C2)O[C@@H]2CC[C@@H](c4ccccc4F)N2C3=O)o1. The van der Waals surface area contributed by atoms with Crippen LogP contribution < -0.4 is 4.90 Å². The van der Waals surface area contributed by atoms with Crippen molar-refractivity contribution in [2.45, 2.75) is 37.6 Å². The van der Waals surface area contributed by atoms with Crippen LogP contribution in [0.3, 0.4) is 0 Å². The third-order valence-corrected chi connectivity index (χ3v) is 5.36. The molecule has 6 nitrogen and oxygen atoms in total. The number of fused-ring (bicyclic) bond motifs is 1. The topological polar surface area (TPSA) is 58.8 Å². The van der Waals surface area contributed by atoms with Gasteiger partial charge in [0, 0.05) is 5.56 Å². The summed E-state index contributed by atoms with van der Waals surface area (Å²) in [6.07, 6.45) is 2.83. The fourth-order valence-corrected chi connectivity index (χ4v) is 4.17. The molecule has 1 amide bonds. The Kier molecular flexibility index (Phi) is 3.01. The van der Waals surface area contributed by atoms with Crippen LogP contribution in [0.15, 0.2) is 34.9 Å². The molecule has 25 heavy (non-hydrogen) atoms. The number of anilines is 1. The Morgan fingerprint density at radius 2 is 2.08 bits per heavy atom. The first kappa shape index (κ1) is 14.9. The molecule has 7 heteroatoms. The summed E-state index contributed by atoms with van der Waals surface area (Å²) in [6, 6.07) is 6.92. The lowest BCUT2D eigenvalue weighted by Crippen LogP contribution is -2.66. The molecular weight excluding hydrogens is 325 g/mol. The Morgan fingerprint density at radius 1 is 1.28 bits per heavy atom. The van der Waals surface area contributed by atoms with E-state index in [0.29, 0.717) is 24.7 Å². The number of carbonyl (C=O) groups excluding carboxylic acids is 1. The van der Waals surface area contributed by atoms with Gasteiger partial charge in [0.25, 0.3) is 11.9 Å². The van der Waals surface area contributed by atoms with Gasteiger partial charge in [0.2, 0.25) is 0 Å². The van der Waals surface area contributed by atoms with Gasteiger partial charge in [-0.15, -0.1) is 0 Å². The lowest BCUT2D eigenvalue weighted by molar-refractivity contribution is -0.141. The molecule has 1 spiro atoms. The van der Waals surface area contributed by atoms with Crippen molar-refractivity contribution >= 4 is 11.9 Å². The third kappa shape index (κ3) is 2.05. The predicted molar refractivity (Wildman–Crippen MR) is 86.3 cm³/mol. The van der Waals surface area contributed by atoms with Gasteiger partial charge in [-0.05, 0) is 25.8 Å². The maximum absolute atomic E-state index is 14.2. The number of ether oxygens (including phenoxy) is 1. The van der Waals surface area contributed by atoms with Gasteiger partial charge in [-0.3, -0.25) is 4.79 Å². The second-order valence-electron chi connectivity index (χ2n) is 7.00. The fourth-order valence-electron chi connectivity index (χ4n) is 4.17. The van der Waals surface area contributed by atoms with E-state index in [4.69, 9.17) is 9.15 Å². The first-order valence-electron chi connectivity index (χ1n) is 8.50. The molecule has 4 heterocycles. The summed E-state index contributed by atoms with van der Waals surface area (Å²) in [4.78, 5) is 20.9. The molecule has 3 fully saturated rings. The minimum absolute atomic E-state index is 0.0530. The molecule has 3 saturated heterocycles. The smallest absolute Gasteiger partial charge is 0.297 e.